The van der Waals surface area contributed by atoms with E-state index in [1.807, 2.05) is 49.6 Å². The van der Waals surface area contributed by atoms with E-state index in [1.54, 1.807) is 24.6 Å². The van der Waals surface area contributed by atoms with Gasteiger partial charge in [0.15, 0.2) is 11.5 Å². The van der Waals surface area contributed by atoms with Gasteiger partial charge in [0.2, 0.25) is 0 Å². The Morgan fingerprint density at radius 3 is 2.68 bits per heavy atom. The van der Waals surface area contributed by atoms with Crippen LogP contribution in [0.4, 0.5) is 0 Å². The third kappa shape index (κ3) is 2.57. The van der Waals surface area contributed by atoms with Crippen molar-refractivity contribution in [3.8, 4) is 11.5 Å². The molecule has 1 fully saturated rings. The highest BCUT2D eigenvalue weighted by atomic mass is 32.1. The van der Waals surface area contributed by atoms with Gasteiger partial charge >= 0.3 is 0 Å². The van der Waals surface area contributed by atoms with Gasteiger partial charge in [0.1, 0.15) is 5.54 Å². The van der Waals surface area contributed by atoms with Crippen molar-refractivity contribution in [3.63, 3.8) is 0 Å². The predicted molar refractivity (Wildman–Crippen MR) is 97.7 cm³/mol. The smallest absolute Gasteiger partial charge is 0.162 e. The van der Waals surface area contributed by atoms with E-state index < -0.39 is 5.54 Å². The first-order valence-electron chi connectivity index (χ1n) is 8.20. The quantitative estimate of drug-likeness (QED) is 0.699. The molecule has 1 aliphatic rings. The Hall–Kier alpha value is -2.15. The van der Waals surface area contributed by atoms with Gasteiger partial charge in [0.25, 0.3) is 0 Å². The minimum atomic E-state index is -0.572. The van der Waals surface area contributed by atoms with Crippen LogP contribution in [0.25, 0.3) is 10.8 Å². The second kappa shape index (κ2) is 5.98. The van der Waals surface area contributed by atoms with Crippen molar-refractivity contribution >= 4 is 22.1 Å². The van der Waals surface area contributed by atoms with Crippen molar-refractivity contribution in [1.29, 1.82) is 0 Å². The van der Waals surface area contributed by atoms with Gasteiger partial charge in [-0.1, -0.05) is 6.07 Å². The number of pyridine rings is 1. The van der Waals surface area contributed by atoms with Gasteiger partial charge in [-0.25, -0.2) is 0 Å². The molecule has 0 radical (unpaired) electrons. The fraction of sp³-hybridized carbons (Fsp3) is 0.316. The number of ether oxygens (including phenoxy) is 2. The van der Waals surface area contributed by atoms with Crippen LogP contribution >= 0.6 is 11.3 Å². The lowest BCUT2D eigenvalue weighted by atomic mass is 9.97. The molecule has 25 heavy (non-hydrogen) atoms. The molecular weight excluding hydrogens is 336 g/mol. The van der Waals surface area contributed by atoms with Gasteiger partial charge in [-0.15, -0.1) is 11.3 Å². The number of hydrogen-bond donors (Lipinski definition) is 1. The van der Waals surface area contributed by atoms with E-state index in [0.717, 1.165) is 21.3 Å². The van der Waals surface area contributed by atoms with Gasteiger partial charge in [0.05, 0.1) is 25.5 Å². The number of fused-ring (bicyclic) bond motifs is 1. The molecule has 4 rings (SSSR count). The first-order chi connectivity index (χ1) is 12.1. The molecule has 0 bridgehead atoms. The molecule has 5 nitrogen and oxygen atoms in total. The SMILES string of the molecule is COc1cc2ccnc(C3(c4cccs4)CN3O)c2cc1OC(C)C. The predicted octanol–water partition coefficient (Wildman–Crippen LogP) is 4.04. The number of hydroxylamine groups is 2. The van der Waals surface area contributed by atoms with Crippen molar-refractivity contribution in [1.82, 2.24) is 10.0 Å². The van der Waals surface area contributed by atoms with Crippen LogP contribution in [0.15, 0.2) is 41.9 Å². The van der Waals surface area contributed by atoms with Crippen LogP contribution < -0.4 is 9.47 Å². The molecule has 3 heterocycles. The average molecular weight is 356 g/mol. The van der Waals surface area contributed by atoms with Crippen LogP contribution in [0.5, 0.6) is 11.5 Å². The summed E-state index contributed by atoms with van der Waals surface area (Å²) in [5.74, 6) is 1.38. The van der Waals surface area contributed by atoms with Crippen LogP contribution in [0.3, 0.4) is 0 Å². The normalized spacial score (nSPS) is 22.4. The second-order valence-corrected chi connectivity index (χ2v) is 7.39. The minimum Gasteiger partial charge on any atom is -0.493 e. The number of thiophene rings is 1. The maximum Gasteiger partial charge on any atom is 0.162 e. The Morgan fingerprint density at radius 1 is 1.28 bits per heavy atom. The number of benzene rings is 1. The van der Waals surface area contributed by atoms with Crippen molar-refractivity contribution in [2.45, 2.75) is 25.5 Å². The summed E-state index contributed by atoms with van der Waals surface area (Å²) < 4.78 is 11.4. The summed E-state index contributed by atoms with van der Waals surface area (Å²) in [7, 11) is 1.64. The molecule has 0 spiro atoms. The fourth-order valence-electron chi connectivity index (χ4n) is 3.23. The van der Waals surface area contributed by atoms with E-state index in [2.05, 4.69) is 4.98 Å². The highest BCUT2D eigenvalue weighted by Gasteiger charge is 2.57. The average Bonchev–Trinajstić information content (AvgIpc) is 3.01. The van der Waals surface area contributed by atoms with Gasteiger partial charge in [-0.2, -0.15) is 5.06 Å². The summed E-state index contributed by atoms with van der Waals surface area (Å²) in [6.07, 6.45) is 1.81. The van der Waals surface area contributed by atoms with Gasteiger partial charge < -0.3 is 14.7 Å². The summed E-state index contributed by atoms with van der Waals surface area (Å²) in [6.45, 7) is 4.50. The van der Waals surface area contributed by atoms with Gasteiger partial charge in [0, 0.05) is 16.5 Å². The third-order valence-corrected chi connectivity index (χ3v) is 5.47. The summed E-state index contributed by atoms with van der Waals surface area (Å²) in [5, 5.41) is 15.7. The molecule has 0 amide bonds. The third-order valence-electron chi connectivity index (χ3n) is 4.45. The summed E-state index contributed by atoms with van der Waals surface area (Å²) in [5.41, 5.74) is 0.267. The van der Waals surface area contributed by atoms with Crippen molar-refractivity contribution in [2.75, 3.05) is 13.7 Å². The standard InChI is InChI=1S/C19H20N2O3S/c1-12(2)24-16-10-14-13(9-15(16)23-3)6-7-20-18(14)19(11-21(19)22)17-5-4-8-25-17/h4-10,12,22H,11H2,1-3H3. The summed E-state index contributed by atoms with van der Waals surface area (Å²) >= 11 is 1.62. The maximum absolute atomic E-state index is 10.3. The Balaban J connectivity index is 1.93. The second-order valence-electron chi connectivity index (χ2n) is 6.45. The van der Waals surface area contributed by atoms with Crippen molar-refractivity contribution in [3.05, 3.63) is 52.5 Å². The Labute approximate surface area is 150 Å². The van der Waals surface area contributed by atoms with E-state index in [0.29, 0.717) is 18.0 Å². The van der Waals surface area contributed by atoms with Crippen LogP contribution in [0.2, 0.25) is 0 Å². The zero-order valence-corrected chi connectivity index (χ0v) is 15.2. The molecule has 6 heteroatoms. The molecule has 2 unspecified atom stereocenters. The molecule has 1 aliphatic heterocycles. The Morgan fingerprint density at radius 2 is 2.08 bits per heavy atom. The molecular formula is C19H20N2O3S. The highest BCUT2D eigenvalue weighted by molar-refractivity contribution is 7.10. The molecule has 1 N–H and O–H groups in total. The van der Waals surface area contributed by atoms with Crippen LogP contribution in [0, 0.1) is 0 Å². The number of methoxy groups -OCH3 is 1. The number of nitrogens with zero attached hydrogens (tertiary/aromatic N) is 2. The fourth-order valence-corrected chi connectivity index (χ4v) is 4.15. The van der Waals surface area contributed by atoms with E-state index in [-0.39, 0.29) is 6.10 Å². The number of rotatable bonds is 5. The van der Waals surface area contributed by atoms with E-state index >= 15 is 0 Å². The lowest BCUT2D eigenvalue weighted by Crippen LogP contribution is -2.17. The van der Waals surface area contributed by atoms with Crippen LogP contribution in [0.1, 0.15) is 24.4 Å². The number of aromatic nitrogens is 1. The molecule has 1 aromatic carbocycles. The van der Waals surface area contributed by atoms with Crippen LogP contribution in [-0.2, 0) is 5.54 Å². The highest BCUT2D eigenvalue weighted by Crippen LogP contribution is 2.50. The molecule has 0 aliphatic carbocycles. The zero-order valence-electron chi connectivity index (χ0n) is 14.4. The van der Waals surface area contributed by atoms with E-state index in [1.165, 1.54) is 5.06 Å². The monoisotopic (exact) mass is 356 g/mol. The van der Waals surface area contributed by atoms with Gasteiger partial charge in [-0.3, -0.25) is 4.98 Å². The first-order valence-corrected chi connectivity index (χ1v) is 9.08. The molecule has 2 atom stereocenters. The van der Waals surface area contributed by atoms with E-state index in [9.17, 15) is 5.21 Å². The van der Waals surface area contributed by atoms with Gasteiger partial charge in [-0.05, 0) is 48.9 Å². The topological polar surface area (TPSA) is 54.6 Å². The maximum atomic E-state index is 10.3. The molecule has 2 aromatic heterocycles. The van der Waals surface area contributed by atoms with Crippen molar-refractivity contribution < 1.29 is 14.7 Å². The molecule has 130 valence electrons. The molecule has 0 saturated carbocycles. The van der Waals surface area contributed by atoms with E-state index in [4.69, 9.17) is 9.47 Å². The Bertz CT molecular complexity index is 910. The number of hydrogen-bond acceptors (Lipinski definition) is 6. The molecule has 1 saturated heterocycles. The Kier molecular flexibility index (Phi) is 3.91. The van der Waals surface area contributed by atoms with Crippen molar-refractivity contribution in [2.24, 2.45) is 0 Å². The summed E-state index contributed by atoms with van der Waals surface area (Å²) in [4.78, 5) is 5.71. The first kappa shape index (κ1) is 16.3. The lowest BCUT2D eigenvalue weighted by molar-refractivity contribution is 0.00169. The largest absolute Gasteiger partial charge is 0.493 e. The molecule has 3 aromatic rings. The van der Waals surface area contributed by atoms with Crippen LogP contribution in [-0.4, -0.2) is 35.0 Å². The zero-order chi connectivity index (χ0) is 17.6. The lowest BCUT2D eigenvalue weighted by Gasteiger charge is -2.18. The minimum absolute atomic E-state index is 0.0352. The summed E-state index contributed by atoms with van der Waals surface area (Å²) in [6, 6.07) is 9.92.